The summed E-state index contributed by atoms with van der Waals surface area (Å²) in [5.74, 6) is 0. The SMILES string of the molecule is Cc1cc(C(C#N)NC2CCCC2)ccc1Br. The second-order valence-electron chi connectivity index (χ2n) is 4.72. The molecular weight excluding hydrogens is 276 g/mol. The van der Waals surface area contributed by atoms with E-state index >= 15 is 0 Å². The molecule has 0 radical (unpaired) electrons. The molecule has 0 heterocycles. The summed E-state index contributed by atoms with van der Waals surface area (Å²) in [6.45, 7) is 2.05. The zero-order valence-electron chi connectivity index (χ0n) is 10.0. The molecule has 1 fully saturated rings. The van der Waals surface area contributed by atoms with E-state index in [4.69, 9.17) is 0 Å². The molecule has 3 heteroatoms. The zero-order valence-corrected chi connectivity index (χ0v) is 11.6. The van der Waals surface area contributed by atoms with Crippen LogP contribution in [0.25, 0.3) is 0 Å². The molecule has 0 spiro atoms. The van der Waals surface area contributed by atoms with Gasteiger partial charge in [-0.25, -0.2) is 0 Å². The first-order valence-electron chi connectivity index (χ1n) is 6.12. The Kier molecular flexibility index (Phi) is 4.20. The van der Waals surface area contributed by atoms with Crippen LogP contribution in [0, 0.1) is 18.3 Å². The molecule has 1 saturated carbocycles. The lowest BCUT2D eigenvalue weighted by molar-refractivity contribution is 0.492. The molecule has 17 heavy (non-hydrogen) atoms. The third-order valence-corrected chi connectivity index (χ3v) is 4.29. The molecule has 90 valence electrons. The van der Waals surface area contributed by atoms with Crippen LogP contribution in [0.1, 0.15) is 42.9 Å². The van der Waals surface area contributed by atoms with Crippen molar-refractivity contribution in [2.45, 2.75) is 44.7 Å². The molecule has 2 nitrogen and oxygen atoms in total. The summed E-state index contributed by atoms with van der Waals surface area (Å²) in [7, 11) is 0. The van der Waals surface area contributed by atoms with Crippen LogP contribution < -0.4 is 5.32 Å². The van der Waals surface area contributed by atoms with Crippen molar-refractivity contribution >= 4 is 15.9 Å². The number of benzene rings is 1. The van der Waals surface area contributed by atoms with Crippen LogP contribution in [0.15, 0.2) is 22.7 Å². The first kappa shape index (κ1) is 12.6. The van der Waals surface area contributed by atoms with Crippen LogP contribution >= 0.6 is 15.9 Å². The highest BCUT2D eigenvalue weighted by molar-refractivity contribution is 9.10. The maximum absolute atomic E-state index is 9.28. The van der Waals surface area contributed by atoms with Gasteiger partial charge in [0.2, 0.25) is 0 Å². The number of nitrogens with one attached hydrogen (secondary N) is 1. The summed E-state index contributed by atoms with van der Waals surface area (Å²) in [6, 6.07) is 8.83. The zero-order chi connectivity index (χ0) is 12.3. The Balaban J connectivity index is 2.11. The standard InChI is InChI=1S/C14H17BrN2/c1-10-8-11(6-7-13(10)15)14(9-16)17-12-4-2-3-5-12/h6-8,12,14,17H,2-5H2,1H3. The monoisotopic (exact) mass is 292 g/mol. The fourth-order valence-corrected chi connectivity index (χ4v) is 2.63. The minimum absolute atomic E-state index is 0.176. The fourth-order valence-electron chi connectivity index (χ4n) is 2.38. The minimum Gasteiger partial charge on any atom is -0.295 e. The molecule has 0 bridgehead atoms. The predicted molar refractivity (Wildman–Crippen MR) is 72.6 cm³/mol. The van der Waals surface area contributed by atoms with Crippen LogP contribution in [0.4, 0.5) is 0 Å². The Labute approximate surface area is 111 Å². The van der Waals surface area contributed by atoms with E-state index in [1.54, 1.807) is 0 Å². The summed E-state index contributed by atoms with van der Waals surface area (Å²) in [5, 5.41) is 12.7. The van der Waals surface area contributed by atoms with Crippen molar-refractivity contribution in [2.75, 3.05) is 0 Å². The second kappa shape index (κ2) is 5.66. The van der Waals surface area contributed by atoms with Gasteiger partial charge in [0.15, 0.2) is 0 Å². The average molecular weight is 293 g/mol. The highest BCUT2D eigenvalue weighted by Gasteiger charge is 2.20. The smallest absolute Gasteiger partial charge is 0.121 e. The van der Waals surface area contributed by atoms with E-state index in [1.807, 2.05) is 12.1 Å². The van der Waals surface area contributed by atoms with E-state index in [2.05, 4.69) is 40.3 Å². The molecule has 1 aromatic carbocycles. The van der Waals surface area contributed by atoms with Gasteiger partial charge in [0.25, 0.3) is 0 Å². The quantitative estimate of drug-likeness (QED) is 0.918. The highest BCUT2D eigenvalue weighted by Crippen LogP contribution is 2.24. The largest absolute Gasteiger partial charge is 0.295 e. The molecule has 1 N–H and O–H groups in total. The van der Waals surface area contributed by atoms with Crippen LogP contribution in [0.5, 0.6) is 0 Å². The Morgan fingerprint density at radius 3 is 2.71 bits per heavy atom. The van der Waals surface area contributed by atoms with E-state index in [-0.39, 0.29) is 6.04 Å². The van der Waals surface area contributed by atoms with Gasteiger partial charge in [-0.05, 0) is 37.0 Å². The lowest BCUT2D eigenvalue weighted by atomic mass is 10.0. The van der Waals surface area contributed by atoms with Crippen LogP contribution in [-0.2, 0) is 0 Å². The van der Waals surface area contributed by atoms with Crippen LogP contribution in [-0.4, -0.2) is 6.04 Å². The Hall–Kier alpha value is -0.850. The number of hydrogen-bond acceptors (Lipinski definition) is 2. The van der Waals surface area contributed by atoms with Crippen molar-refractivity contribution in [3.05, 3.63) is 33.8 Å². The van der Waals surface area contributed by atoms with Crippen molar-refractivity contribution in [1.82, 2.24) is 5.32 Å². The molecular formula is C14H17BrN2. The van der Waals surface area contributed by atoms with E-state index in [1.165, 1.54) is 31.2 Å². The molecule has 0 aliphatic heterocycles. The summed E-state index contributed by atoms with van der Waals surface area (Å²) < 4.78 is 1.10. The first-order valence-corrected chi connectivity index (χ1v) is 6.91. The number of halogens is 1. The molecule has 2 rings (SSSR count). The average Bonchev–Trinajstić information content (AvgIpc) is 2.82. The van der Waals surface area contributed by atoms with Crippen molar-refractivity contribution in [3.63, 3.8) is 0 Å². The molecule has 1 aliphatic carbocycles. The van der Waals surface area contributed by atoms with Gasteiger partial charge >= 0.3 is 0 Å². The number of rotatable bonds is 3. The van der Waals surface area contributed by atoms with Gasteiger partial charge in [-0.2, -0.15) is 5.26 Å². The van der Waals surface area contributed by atoms with Gasteiger partial charge in [-0.1, -0.05) is 40.9 Å². The van der Waals surface area contributed by atoms with Gasteiger partial charge in [-0.15, -0.1) is 0 Å². The lowest BCUT2D eigenvalue weighted by Gasteiger charge is -2.18. The van der Waals surface area contributed by atoms with Crippen LogP contribution in [0.2, 0.25) is 0 Å². The highest BCUT2D eigenvalue weighted by atomic mass is 79.9. The summed E-state index contributed by atoms with van der Waals surface area (Å²) in [4.78, 5) is 0. The van der Waals surface area contributed by atoms with Gasteiger partial charge in [0, 0.05) is 10.5 Å². The molecule has 0 aromatic heterocycles. The van der Waals surface area contributed by atoms with E-state index in [9.17, 15) is 5.26 Å². The number of nitriles is 1. The maximum Gasteiger partial charge on any atom is 0.121 e. The van der Waals surface area contributed by atoms with Gasteiger partial charge in [0.05, 0.1) is 6.07 Å². The Morgan fingerprint density at radius 2 is 2.12 bits per heavy atom. The fraction of sp³-hybridized carbons (Fsp3) is 0.500. The van der Waals surface area contributed by atoms with Gasteiger partial charge < -0.3 is 0 Å². The van der Waals surface area contributed by atoms with Crippen LogP contribution in [0.3, 0.4) is 0 Å². The summed E-state index contributed by atoms with van der Waals surface area (Å²) in [5.41, 5.74) is 2.25. The van der Waals surface area contributed by atoms with Gasteiger partial charge in [0.1, 0.15) is 6.04 Å². The third-order valence-electron chi connectivity index (χ3n) is 3.40. The van der Waals surface area contributed by atoms with E-state index in [0.29, 0.717) is 6.04 Å². The van der Waals surface area contributed by atoms with Crippen molar-refractivity contribution < 1.29 is 0 Å². The molecule has 1 atom stereocenters. The second-order valence-corrected chi connectivity index (χ2v) is 5.57. The summed E-state index contributed by atoms with van der Waals surface area (Å²) in [6.07, 6.45) is 4.98. The van der Waals surface area contributed by atoms with Crippen molar-refractivity contribution in [2.24, 2.45) is 0 Å². The number of aryl methyl sites for hydroxylation is 1. The Bertz CT molecular complexity index is 430. The Morgan fingerprint density at radius 1 is 1.41 bits per heavy atom. The predicted octanol–water partition coefficient (Wildman–Crippen LogP) is 3.85. The van der Waals surface area contributed by atoms with Crippen molar-refractivity contribution in [1.29, 1.82) is 5.26 Å². The normalized spacial score (nSPS) is 17.9. The first-order chi connectivity index (χ1) is 8.20. The molecule has 1 aromatic rings. The molecule has 1 aliphatic rings. The van der Waals surface area contributed by atoms with E-state index < -0.39 is 0 Å². The topological polar surface area (TPSA) is 35.8 Å². The molecule has 0 amide bonds. The summed E-state index contributed by atoms with van der Waals surface area (Å²) >= 11 is 3.49. The van der Waals surface area contributed by atoms with Gasteiger partial charge in [-0.3, -0.25) is 5.32 Å². The third kappa shape index (κ3) is 3.08. The van der Waals surface area contributed by atoms with Crippen molar-refractivity contribution in [3.8, 4) is 6.07 Å². The maximum atomic E-state index is 9.28. The lowest BCUT2D eigenvalue weighted by Crippen LogP contribution is -2.29. The number of hydrogen-bond donors (Lipinski definition) is 1. The number of nitrogens with zero attached hydrogens (tertiary/aromatic N) is 1. The molecule has 0 saturated heterocycles. The molecule has 1 unspecified atom stereocenters. The minimum atomic E-state index is -0.176. The van der Waals surface area contributed by atoms with E-state index in [0.717, 1.165) is 10.0 Å².